The molecule has 2 aromatic heterocycles. The standard InChI is InChI=1S/C23H19N3O3S/c27-22(21-14-18-7-1-2-9-20(18)29-21)25-23(28)26-30-19-8-3-5-16(13-19)10-11-17-6-4-12-24-15-17/h1-9,12-15H,10-11H2,(H2,25,26,27,28). The highest BCUT2D eigenvalue weighted by molar-refractivity contribution is 7.98. The molecule has 0 atom stereocenters. The van der Waals surface area contributed by atoms with Crippen molar-refractivity contribution in [1.82, 2.24) is 15.0 Å². The van der Waals surface area contributed by atoms with E-state index in [0.29, 0.717) is 5.58 Å². The van der Waals surface area contributed by atoms with Crippen LogP contribution in [0.25, 0.3) is 11.0 Å². The van der Waals surface area contributed by atoms with Gasteiger partial charge in [-0.3, -0.25) is 19.8 Å². The number of aromatic nitrogens is 1. The van der Waals surface area contributed by atoms with Crippen molar-refractivity contribution in [2.24, 2.45) is 0 Å². The minimum Gasteiger partial charge on any atom is -0.451 e. The number of imide groups is 1. The van der Waals surface area contributed by atoms with Crippen molar-refractivity contribution in [3.05, 3.63) is 96.0 Å². The van der Waals surface area contributed by atoms with Gasteiger partial charge >= 0.3 is 6.03 Å². The van der Waals surface area contributed by atoms with Crippen LogP contribution in [0, 0.1) is 0 Å². The summed E-state index contributed by atoms with van der Waals surface area (Å²) in [4.78, 5) is 29.3. The van der Waals surface area contributed by atoms with E-state index in [9.17, 15) is 9.59 Å². The molecule has 4 rings (SSSR count). The predicted octanol–water partition coefficient (Wildman–Crippen LogP) is 4.76. The minimum atomic E-state index is -0.605. The average molecular weight is 417 g/mol. The fraction of sp³-hybridized carbons (Fsp3) is 0.0870. The molecule has 0 fully saturated rings. The summed E-state index contributed by atoms with van der Waals surface area (Å²) in [7, 11) is 0. The van der Waals surface area contributed by atoms with E-state index in [0.717, 1.165) is 40.6 Å². The van der Waals surface area contributed by atoms with Crippen molar-refractivity contribution in [3.8, 4) is 0 Å². The first-order valence-electron chi connectivity index (χ1n) is 9.42. The van der Waals surface area contributed by atoms with Gasteiger partial charge in [0.25, 0.3) is 5.91 Å². The lowest BCUT2D eigenvalue weighted by molar-refractivity contribution is 0.0940. The van der Waals surface area contributed by atoms with Gasteiger partial charge in [0.1, 0.15) is 5.58 Å². The smallest absolute Gasteiger partial charge is 0.332 e. The minimum absolute atomic E-state index is 0.0914. The van der Waals surface area contributed by atoms with Gasteiger partial charge in [0, 0.05) is 22.7 Å². The van der Waals surface area contributed by atoms with E-state index in [1.165, 1.54) is 5.56 Å². The largest absolute Gasteiger partial charge is 0.451 e. The molecule has 2 aromatic carbocycles. The molecular weight excluding hydrogens is 398 g/mol. The van der Waals surface area contributed by atoms with Crippen LogP contribution in [0.15, 0.2) is 88.4 Å². The zero-order chi connectivity index (χ0) is 20.8. The van der Waals surface area contributed by atoms with Crippen molar-refractivity contribution in [2.75, 3.05) is 0 Å². The zero-order valence-corrected chi connectivity index (χ0v) is 16.8. The second-order valence-corrected chi connectivity index (χ2v) is 7.52. The molecule has 0 aliphatic heterocycles. The molecule has 4 aromatic rings. The molecular formula is C23H19N3O3S. The van der Waals surface area contributed by atoms with Gasteiger partial charge in [-0.15, -0.1) is 0 Å². The quantitative estimate of drug-likeness (QED) is 0.442. The summed E-state index contributed by atoms with van der Waals surface area (Å²) >= 11 is 1.15. The fourth-order valence-corrected chi connectivity index (χ4v) is 3.61. The number of fused-ring (bicyclic) bond motifs is 1. The highest BCUT2D eigenvalue weighted by Gasteiger charge is 2.15. The van der Waals surface area contributed by atoms with Gasteiger partial charge in [-0.25, -0.2) is 4.79 Å². The van der Waals surface area contributed by atoms with Crippen molar-refractivity contribution >= 4 is 34.9 Å². The van der Waals surface area contributed by atoms with Crippen LogP contribution < -0.4 is 10.0 Å². The molecule has 2 N–H and O–H groups in total. The molecule has 0 saturated heterocycles. The summed E-state index contributed by atoms with van der Waals surface area (Å²) in [5.41, 5.74) is 2.93. The van der Waals surface area contributed by atoms with E-state index in [-0.39, 0.29) is 5.76 Å². The SMILES string of the molecule is O=C(NSc1cccc(CCc2cccnc2)c1)NC(=O)c1cc2ccccc2o1. The molecule has 150 valence electrons. The highest BCUT2D eigenvalue weighted by atomic mass is 32.2. The van der Waals surface area contributed by atoms with Crippen LogP contribution in [-0.2, 0) is 12.8 Å². The Hall–Kier alpha value is -3.58. The van der Waals surface area contributed by atoms with Crippen LogP contribution in [0.4, 0.5) is 4.79 Å². The number of furan rings is 1. The van der Waals surface area contributed by atoms with Crippen LogP contribution in [0.5, 0.6) is 0 Å². The molecule has 0 saturated carbocycles. The van der Waals surface area contributed by atoms with E-state index in [4.69, 9.17) is 4.42 Å². The van der Waals surface area contributed by atoms with Gasteiger partial charge in [0.15, 0.2) is 5.76 Å². The summed E-state index contributed by atoms with van der Waals surface area (Å²) in [6.07, 6.45) is 5.39. The summed E-state index contributed by atoms with van der Waals surface area (Å²) in [6, 6.07) is 20.2. The maximum atomic E-state index is 12.2. The maximum absolute atomic E-state index is 12.2. The van der Waals surface area contributed by atoms with Crippen LogP contribution >= 0.6 is 11.9 Å². The first-order chi connectivity index (χ1) is 14.7. The number of para-hydroxylation sites is 1. The van der Waals surface area contributed by atoms with Gasteiger partial charge in [0.2, 0.25) is 0 Å². The number of amides is 3. The molecule has 7 heteroatoms. The second-order valence-electron chi connectivity index (χ2n) is 6.64. The Labute approximate surface area is 177 Å². The first kappa shape index (κ1) is 19.7. The van der Waals surface area contributed by atoms with E-state index in [2.05, 4.69) is 21.1 Å². The number of rotatable bonds is 6. The number of benzene rings is 2. The number of aryl methyl sites for hydroxylation is 2. The normalized spacial score (nSPS) is 10.7. The average Bonchev–Trinajstić information content (AvgIpc) is 3.22. The van der Waals surface area contributed by atoms with Gasteiger partial charge in [-0.2, -0.15) is 0 Å². The lowest BCUT2D eigenvalue weighted by Gasteiger charge is -2.07. The van der Waals surface area contributed by atoms with Crippen LogP contribution in [0.3, 0.4) is 0 Å². The summed E-state index contributed by atoms with van der Waals surface area (Å²) < 4.78 is 8.10. The molecule has 6 nitrogen and oxygen atoms in total. The van der Waals surface area contributed by atoms with Crippen molar-refractivity contribution < 1.29 is 14.0 Å². The lowest BCUT2D eigenvalue weighted by Crippen LogP contribution is -2.36. The topological polar surface area (TPSA) is 84.2 Å². The third kappa shape index (κ3) is 5.07. The second kappa shape index (κ2) is 9.28. The van der Waals surface area contributed by atoms with E-state index < -0.39 is 11.9 Å². The Kier molecular flexibility index (Phi) is 6.10. The van der Waals surface area contributed by atoms with Crippen molar-refractivity contribution in [1.29, 1.82) is 0 Å². The van der Waals surface area contributed by atoms with Crippen LogP contribution in [0.1, 0.15) is 21.7 Å². The number of nitrogens with zero attached hydrogens (tertiary/aromatic N) is 1. The molecule has 2 heterocycles. The van der Waals surface area contributed by atoms with Crippen molar-refractivity contribution in [2.45, 2.75) is 17.7 Å². The Morgan fingerprint density at radius 2 is 1.77 bits per heavy atom. The van der Waals surface area contributed by atoms with Crippen LogP contribution in [0.2, 0.25) is 0 Å². The van der Waals surface area contributed by atoms with E-state index in [1.807, 2.05) is 54.7 Å². The van der Waals surface area contributed by atoms with Crippen LogP contribution in [-0.4, -0.2) is 16.9 Å². The maximum Gasteiger partial charge on any atom is 0.332 e. The number of urea groups is 1. The Bertz CT molecular complexity index is 1140. The highest BCUT2D eigenvalue weighted by Crippen LogP contribution is 2.19. The predicted molar refractivity (Wildman–Crippen MR) is 116 cm³/mol. The molecule has 0 aliphatic carbocycles. The number of hydrogen-bond donors (Lipinski definition) is 2. The first-order valence-corrected chi connectivity index (χ1v) is 10.2. The summed E-state index contributed by atoms with van der Waals surface area (Å²) in [5, 5.41) is 3.08. The molecule has 30 heavy (non-hydrogen) atoms. The lowest BCUT2D eigenvalue weighted by atomic mass is 10.1. The third-order valence-corrected chi connectivity index (χ3v) is 5.24. The van der Waals surface area contributed by atoms with E-state index in [1.54, 1.807) is 18.3 Å². The Morgan fingerprint density at radius 3 is 2.60 bits per heavy atom. The summed E-state index contributed by atoms with van der Waals surface area (Å²) in [5.74, 6) is -0.497. The number of hydrogen-bond acceptors (Lipinski definition) is 5. The third-order valence-electron chi connectivity index (χ3n) is 4.46. The molecule has 0 bridgehead atoms. The van der Waals surface area contributed by atoms with Gasteiger partial charge in [0.05, 0.1) is 0 Å². The molecule has 0 aliphatic rings. The Morgan fingerprint density at radius 1 is 0.933 bits per heavy atom. The molecule has 3 amide bonds. The van der Waals surface area contributed by atoms with Gasteiger partial charge in [-0.1, -0.05) is 36.4 Å². The number of nitrogens with one attached hydrogen (secondary N) is 2. The van der Waals surface area contributed by atoms with E-state index >= 15 is 0 Å². The molecule has 0 spiro atoms. The summed E-state index contributed by atoms with van der Waals surface area (Å²) in [6.45, 7) is 0. The Balaban J connectivity index is 1.29. The molecule has 0 radical (unpaired) electrons. The molecule has 0 unspecified atom stereocenters. The zero-order valence-electron chi connectivity index (χ0n) is 16.0. The number of pyridine rings is 1. The van der Waals surface area contributed by atoms with Crippen molar-refractivity contribution in [3.63, 3.8) is 0 Å². The number of carbonyl (C=O) groups is 2. The number of carbonyl (C=O) groups excluding carboxylic acids is 2. The van der Waals surface area contributed by atoms with Gasteiger partial charge in [-0.05, 0) is 66.2 Å². The monoisotopic (exact) mass is 417 g/mol. The fourth-order valence-electron chi connectivity index (χ4n) is 2.99. The van der Waals surface area contributed by atoms with Gasteiger partial charge < -0.3 is 4.42 Å².